The van der Waals surface area contributed by atoms with E-state index in [4.69, 9.17) is 0 Å². The van der Waals surface area contributed by atoms with Gasteiger partial charge in [0.25, 0.3) is 0 Å². The monoisotopic (exact) mass is 225 g/mol. The van der Waals surface area contributed by atoms with Gasteiger partial charge in [0, 0.05) is 19.0 Å². The molecule has 0 heterocycles. The molecular formula is C12H13F2NO. The summed E-state index contributed by atoms with van der Waals surface area (Å²) in [6.07, 6.45) is 2.39. The zero-order valence-electron chi connectivity index (χ0n) is 8.80. The van der Waals surface area contributed by atoms with Crippen molar-refractivity contribution in [3.63, 3.8) is 0 Å². The van der Waals surface area contributed by atoms with Crippen molar-refractivity contribution >= 4 is 5.78 Å². The van der Waals surface area contributed by atoms with Crippen molar-refractivity contribution in [1.82, 2.24) is 5.32 Å². The second kappa shape index (κ2) is 4.70. The molecule has 0 amide bonds. The number of rotatable bonds is 5. The summed E-state index contributed by atoms with van der Waals surface area (Å²) >= 11 is 0. The summed E-state index contributed by atoms with van der Waals surface area (Å²) < 4.78 is 26.4. The van der Waals surface area contributed by atoms with E-state index in [1.54, 1.807) is 0 Å². The molecule has 2 rings (SSSR count). The van der Waals surface area contributed by atoms with Crippen LogP contribution in [-0.2, 0) is 0 Å². The number of carbonyl (C=O) groups excluding carboxylic acids is 1. The third kappa shape index (κ3) is 2.64. The summed E-state index contributed by atoms with van der Waals surface area (Å²) in [5.41, 5.74) is -0.417. The van der Waals surface area contributed by atoms with Crippen LogP contribution >= 0.6 is 0 Å². The Morgan fingerprint density at radius 2 is 1.94 bits per heavy atom. The van der Waals surface area contributed by atoms with E-state index in [9.17, 15) is 13.6 Å². The smallest absolute Gasteiger partial charge is 0.170 e. The lowest BCUT2D eigenvalue weighted by Gasteiger charge is -2.04. The molecular weight excluding hydrogens is 212 g/mol. The highest BCUT2D eigenvalue weighted by atomic mass is 19.1. The highest BCUT2D eigenvalue weighted by molar-refractivity contribution is 5.96. The van der Waals surface area contributed by atoms with Crippen molar-refractivity contribution in [3.05, 3.63) is 35.4 Å². The summed E-state index contributed by atoms with van der Waals surface area (Å²) in [5.74, 6) is -2.04. The fourth-order valence-electron chi connectivity index (χ4n) is 1.57. The first-order valence-electron chi connectivity index (χ1n) is 5.39. The van der Waals surface area contributed by atoms with Crippen molar-refractivity contribution in [3.8, 4) is 0 Å². The zero-order valence-corrected chi connectivity index (χ0v) is 8.80. The quantitative estimate of drug-likeness (QED) is 0.779. The second-order valence-electron chi connectivity index (χ2n) is 4.00. The third-order valence-corrected chi connectivity index (χ3v) is 2.60. The van der Waals surface area contributed by atoms with Crippen molar-refractivity contribution in [2.75, 3.05) is 6.54 Å². The van der Waals surface area contributed by atoms with Gasteiger partial charge < -0.3 is 5.32 Å². The third-order valence-electron chi connectivity index (χ3n) is 2.60. The van der Waals surface area contributed by atoms with E-state index in [1.807, 2.05) is 0 Å². The lowest BCUT2D eigenvalue weighted by atomic mass is 10.1. The van der Waals surface area contributed by atoms with E-state index >= 15 is 0 Å². The molecule has 2 nitrogen and oxygen atoms in total. The van der Waals surface area contributed by atoms with Gasteiger partial charge in [-0.1, -0.05) is 6.07 Å². The van der Waals surface area contributed by atoms with Gasteiger partial charge in [0.2, 0.25) is 0 Å². The fourth-order valence-corrected chi connectivity index (χ4v) is 1.57. The van der Waals surface area contributed by atoms with Crippen LogP contribution in [0.5, 0.6) is 0 Å². The van der Waals surface area contributed by atoms with Gasteiger partial charge in [0.05, 0.1) is 5.56 Å². The molecule has 1 aromatic rings. The van der Waals surface area contributed by atoms with Crippen LogP contribution in [0.25, 0.3) is 0 Å². The lowest BCUT2D eigenvalue weighted by Crippen LogP contribution is -2.21. The molecule has 86 valence electrons. The Labute approximate surface area is 92.7 Å². The van der Waals surface area contributed by atoms with Crippen LogP contribution in [0.15, 0.2) is 18.2 Å². The first-order valence-corrected chi connectivity index (χ1v) is 5.39. The van der Waals surface area contributed by atoms with E-state index in [1.165, 1.54) is 6.07 Å². The average Bonchev–Trinajstić information content (AvgIpc) is 3.01. The van der Waals surface area contributed by atoms with E-state index in [-0.39, 0.29) is 6.42 Å². The van der Waals surface area contributed by atoms with Gasteiger partial charge in [-0.05, 0) is 25.0 Å². The largest absolute Gasteiger partial charge is 0.314 e. The van der Waals surface area contributed by atoms with Gasteiger partial charge in [-0.25, -0.2) is 8.78 Å². The number of nitrogens with one attached hydrogen (secondary N) is 1. The van der Waals surface area contributed by atoms with E-state index in [0.29, 0.717) is 12.6 Å². The topological polar surface area (TPSA) is 29.1 Å². The molecule has 1 fully saturated rings. The van der Waals surface area contributed by atoms with Crippen molar-refractivity contribution in [1.29, 1.82) is 0 Å². The van der Waals surface area contributed by atoms with Gasteiger partial charge in [0.15, 0.2) is 5.78 Å². The lowest BCUT2D eigenvalue weighted by molar-refractivity contribution is 0.0974. The molecule has 1 N–H and O–H groups in total. The Morgan fingerprint density at radius 1 is 1.31 bits per heavy atom. The molecule has 1 saturated carbocycles. The second-order valence-corrected chi connectivity index (χ2v) is 4.00. The number of carbonyl (C=O) groups is 1. The predicted molar refractivity (Wildman–Crippen MR) is 56.3 cm³/mol. The van der Waals surface area contributed by atoms with Gasteiger partial charge in [-0.2, -0.15) is 0 Å². The minimum atomic E-state index is -0.781. The van der Waals surface area contributed by atoms with Crippen LogP contribution in [0.3, 0.4) is 0 Å². The molecule has 0 spiro atoms. The molecule has 0 atom stereocenters. The summed E-state index contributed by atoms with van der Waals surface area (Å²) in [7, 11) is 0. The number of ketones is 1. The van der Waals surface area contributed by atoms with Crippen LogP contribution in [0.1, 0.15) is 29.6 Å². The van der Waals surface area contributed by atoms with Gasteiger partial charge >= 0.3 is 0 Å². The Kier molecular flexibility index (Phi) is 3.29. The Balaban J connectivity index is 1.96. The number of Topliss-reactive ketones (excluding diaryl/α,β-unsaturated/α-hetero) is 1. The number of hydrogen-bond acceptors (Lipinski definition) is 2. The summed E-state index contributed by atoms with van der Waals surface area (Å²) in [6.45, 7) is 0.483. The number of halogens is 2. The van der Waals surface area contributed by atoms with Crippen molar-refractivity contribution in [2.24, 2.45) is 0 Å². The highest BCUT2D eigenvalue weighted by Crippen LogP contribution is 2.19. The molecule has 0 aliphatic heterocycles. The molecule has 4 heteroatoms. The van der Waals surface area contributed by atoms with Crippen LogP contribution in [0, 0.1) is 11.6 Å². The molecule has 0 unspecified atom stereocenters. The number of benzene rings is 1. The average molecular weight is 225 g/mol. The maximum atomic E-state index is 13.2. The Morgan fingerprint density at radius 3 is 2.50 bits per heavy atom. The number of hydrogen-bond donors (Lipinski definition) is 1. The fraction of sp³-hybridized carbons (Fsp3) is 0.417. The normalized spacial score (nSPS) is 15.1. The molecule has 0 aromatic heterocycles. The first kappa shape index (κ1) is 11.2. The maximum Gasteiger partial charge on any atom is 0.170 e. The van der Waals surface area contributed by atoms with Crippen LogP contribution in [-0.4, -0.2) is 18.4 Å². The van der Waals surface area contributed by atoms with E-state index < -0.39 is 23.0 Å². The minimum Gasteiger partial charge on any atom is -0.314 e. The molecule has 0 radical (unpaired) electrons. The molecule has 0 saturated heterocycles. The van der Waals surface area contributed by atoms with Crippen LogP contribution < -0.4 is 5.32 Å². The summed E-state index contributed by atoms with van der Waals surface area (Å²) in [5, 5.41) is 3.13. The zero-order chi connectivity index (χ0) is 11.5. The van der Waals surface area contributed by atoms with E-state index in [0.717, 1.165) is 25.0 Å². The Bertz CT molecular complexity index is 382. The molecule has 1 aromatic carbocycles. The van der Waals surface area contributed by atoms with E-state index in [2.05, 4.69) is 5.32 Å². The molecule has 16 heavy (non-hydrogen) atoms. The van der Waals surface area contributed by atoms with Crippen molar-refractivity contribution < 1.29 is 13.6 Å². The highest BCUT2D eigenvalue weighted by Gasteiger charge is 2.21. The Hall–Kier alpha value is -1.29. The standard InChI is InChI=1S/C12H13F2NO/c13-9-2-1-3-10(14)12(9)11(16)6-7-15-8-4-5-8/h1-3,8,15H,4-7H2. The van der Waals surface area contributed by atoms with Crippen molar-refractivity contribution in [2.45, 2.75) is 25.3 Å². The van der Waals surface area contributed by atoms with Crippen LogP contribution in [0.2, 0.25) is 0 Å². The summed E-state index contributed by atoms with van der Waals surface area (Å²) in [6, 6.07) is 3.96. The first-order chi connectivity index (χ1) is 7.68. The summed E-state index contributed by atoms with van der Waals surface area (Å²) in [4.78, 5) is 11.6. The molecule has 1 aliphatic rings. The van der Waals surface area contributed by atoms with Gasteiger partial charge in [0.1, 0.15) is 11.6 Å². The van der Waals surface area contributed by atoms with Crippen LogP contribution in [0.4, 0.5) is 8.78 Å². The molecule has 1 aliphatic carbocycles. The molecule has 0 bridgehead atoms. The minimum absolute atomic E-state index is 0.133. The van der Waals surface area contributed by atoms with Gasteiger partial charge in [-0.3, -0.25) is 4.79 Å². The predicted octanol–water partition coefficient (Wildman–Crippen LogP) is 2.29. The SMILES string of the molecule is O=C(CCNC1CC1)c1c(F)cccc1F. The van der Waals surface area contributed by atoms with Gasteiger partial charge in [-0.15, -0.1) is 0 Å². The maximum absolute atomic E-state index is 13.2.